The molecule has 8 heterocycles. The summed E-state index contributed by atoms with van der Waals surface area (Å²) < 4.78 is 3.45. The Morgan fingerprint density at radius 1 is 0.583 bits per heavy atom. The predicted octanol–water partition coefficient (Wildman–Crippen LogP) is -3.67. The van der Waals surface area contributed by atoms with Crippen molar-refractivity contribution in [1.82, 2.24) is 69.3 Å². The fourth-order valence-electron chi connectivity index (χ4n) is 11.5. The maximum atomic E-state index is 14.3. The second-order valence-electron chi connectivity index (χ2n) is 20.8. The Labute approximate surface area is 415 Å². The summed E-state index contributed by atoms with van der Waals surface area (Å²) in [5.74, 6) is 0.647. The molecule has 10 rings (SSSR count). The van der Waals surface area contributed by atoms with Crippen molar-refractivity contribution in [2.75, 3.05) is 114 Å². The summed E-state index contributed by atoms with van der Waals surface area (Å²) in [5.41, 5.74) is 1.83. The first kappa shape index (κ1) is 49.8. The van der Waals surface area contributed by atoms with E-state index in [2.05, 4.69) is 40.9 Å². The monoisotopic (exact) mass is 1000 g/mol. The Balaban J connectivity index is 0.844. The summed E-state index contributed by atoms with van der Waals surface area (Å²) in [5, 5.41) is 75.2. The predicted molar refractivity (Wildman–Crippen MR) is 261 cm³/mol. The SMILES string of the molecule is CN(C)[C@@H]1CCN(c2nc(N[C@@H]3CCN(C(=O)N4CC[C@@H](Nc5nc(N6CC[C@@H](N(C)C)C6)nc6c5ncn6[C@@H]5C[C@H](NC(=O)CO)[C@@H](O)[C@H]5O)C4)C3)c3ncn([C@@H]4C[C@H](NC(=O)CO)[C@@H](O)[C@H]4O)c3n2)C1. The zero-order valence-corrected chi connectivity index (χ0v) is 41.1. The molecule has 6 fully saturated rings. The number of rotatable bonds is 14. The minimum atomic E-state index is -1.28. The average Bonchev–Trinajstić information content (AvgIpc) is 4.23. The second-order valence-corrected chi connectivity index (χ2v) is 20.8. The van der Waals surface area contributed by atoms with Crippen molar-refractivity contribution >= 4 is 63.7 Å². The minimum Gasteiger partial charge on any atom is -0.388 e. The van der Waals surface area contributed by atoms with Crippen molar-refractivity contribution in [3.8, 4) is 0 Å². The smallest absolute Gasteiger partial charge is 0.320 e. The lowest BCUT2D eigenvalue weighted by Gasteiger charge is -2.25. The lowest BCUT2D eigenvalue weighted by atomic mass is 10.2. The number of amides is 4. The van der Waals surface area contributed by atoms with E-state index < -0.39 is 73.6 Å². The van der Waals surface area contributed by atoms with E-state index in [0.29, 0.717) is 110 Å². The lowest BCUT2D eigenvalue weighted by Crippen LogP contribution is -2.44. The van der Waals surface area contributed by atoms with Crippen LogP contribution in [-0.4, -0.2) is 262 Å². The summed E-state index contributed by atoms with van der Waals surface area (Å²) >= 11 is 0. The van der Waals surface area contributed by atoms with Crippen LogP contribution in [0.15, 0.2) is 12.7 Å². The molecule has 0 spiro atoms. The molecule has 72 heavy (non-hydrogen) atoms. The molecule has 4 saturated heterocycles. The Morgan fingerprint density at radius 3 is 1.38 bits per heavy atom. The molecule has 6 aliphatic rings. The summed E-state index contributed by atoms with van der Waals surface area (Å²) in [4.78, 5) is 80.0. The normalized spacial score (nSPS) is 30.8. The number of nitrogens with one attached hydrogen (secondary N) is 4. The molecule has 392 valence electrons. The van der Waals surface area contributed by atoms with E-state index >= 15 is 0 Å². The summed E-state index contributed by atoms with van der Waals surface area (Å²) in [7, 11) is 8.18. The molecule has 4 aromatic heterocycles. The number of hydrogen-bond acceptors (Lipinski definition) is 21. The third-order valence-corrected chi connectivity index (χ3v) is 15.8. The zero-order chi connectivity index (χ0) is 50.7. The van der Waals surface area contributed by atoms with E-state index in [1.54, 1.807) is 21.8 Å². The number of carbonyl (C=O) groups is 3. The molecule has 0 aromatic carbocycles. The van der Waals surface area contributed by atoms with Gasteiger partial charge in [-0.15, -0.1) is 0 Å². The molecular weight excluding hydrogens is 937 g/mol. The molecular formula is C45H68N18O9. The molecule has 4 aliphatic heterocycles. The van der Waals surface area contributed by atoms with Crippen LogP contribution in [0.1, 0.15) is 50.6 Å². The first-order chi connectivity index (χ1) is 34.6. The molecule has 0 bridgehead atoms. The summed E-state index contributed by atoms with van der Waals surface area (Å²) in [6.07, 6.45) is 1.57. The maximum absolute atomic E-state index is 14.3. The van der Waals surface area contributed by atoms with Crippen molar-refractivity contribution in [3.63, 3.8) is 0 Å². The fourth-order valence-corrected chi connectivity index (χ4v) is 11.5. The first-order valence-electron chi connectivity index (χ1n) is 25.0. The molecule has 10 N–H and O–H groups in total. The first-order valence-corrected chi connectivity index (χ1v) is 25.0. The van der Waals surface area contributed by atoms with E-state index in [1.165, 1.54) is 0 Å². The van der Waals surface area contributed by atoms with Gasteiger partial charge in [-0.05, 0) is 66.7 Å². The third kappa shape index (κ3) is 9.51. The van der Waals surface area contributed by atoms with E-state index in [0.717, 1.165) is 25.9 Å². The molecule has 27 heteroatoms. The van der Waals surface area contributed by atoms with Gasteiger partial charge in [0.2, 0.25) is 23.7 Å². The molecule has 2 saturated carbocycles. The van der Waals surface area contributed by atoms with Gasteiger partial charge in [0.15, 0.2) is 34.0 Å². The maximum Gasteiger partial charge on any atom is 0.320 e. The number of urea groups is 1. The number of likely N-dealkylation sites (N-methyl/N-ethyl adjacent to an activating group) is 2. The number of carbonyl (C=O) groups excluding carboxylic acids is 3. The van der Waals surface area contributed by atoms with E-state index in [-0.39, 0.29) is 31.0 Å². The van der Waals surface area contributed by atoms with Crippen molar-refractivity contribution in [2.45, 2.75) is 111 Å². The van der Waals surface area contributed by atoms with Gasteiger partial charge < -0.3 is 90.4 Å². The van der Waals surface area contributed by atoms with Gasteiger partial charge in [-0.1, -0.05) is 0 Å². The second kappa shape index (κ2) is 20.2. The molecule has 0 radical (unpaired) electrons. The van der Waals surface area contributed by atoms with Crippen LogP contribution in [0.5, 0.6) is 0 Å². The van der Waals surface area contributed by atoms with Crippen LogP contribution in [-0.2, 0) is 9.59 Å². The molecule has 27 nitrogen and oxygen atoms in total. The number of anilines is 4. The van der Waals surface area contributed by atoms with E-state index in [9.17, 15) is 45.0 Å². The number of imidazole rings is 2. The van der Waals surface area contributed by atoms with Gasteiger partial charge in [0, 0.05) is 76.5 Å². The summed E-state index contributed by atoms with van der Waals surface area (Å²) in [6.45, 7) is 3.21. The van der Waals surface area contributed by atoms with Crippen LogP contribution in [0, 0.1) is 0 Å². The molecule has 4 amide bonds. The highest BCUT2D eigenvalue weighted by Gasteiger charge is 2.46. The number of aromatic nitrogens is 8. The fraction of sp³-hybridized carbons (Fsp3) is 0.711. The molecule has 0 unspecified atom stereocenters. The highest BCUT2D eigenvalue weighted by Crippen LogP contribution is 2.38. The van der Waals surface area contributed by atoms with Gasteiger partial charge in [0.05, 0.1) is 36.8 Å². The summed E-state index contributed by atoms with van der Waals surface area (Å²) in [6, 6.07) is -2.79. The average molecular weight is 1010 g/mol. The Morgan fingerprint density at radius 2 is 1.00 bits per heavy atom. The highest BCUT2D eigenvalue weighted by molar-refractivity contribution is 5.86. The number of fused-ring (bicyclic) bond motifs is 2. The topological polar surface area (TPSA) is 327 Å². The van der Waals surface area contributed by atoms with Crippen LogP contribution < -0.4 is 31.1 Å². The van der Waals surface area contributed by atoms with Gasteiger partial charge in [-0.25, -0.2) is 14.8 Å². The Kier molecular flexibility index (Phi) is 14.0. The van der Waals surface area contributed by atoms with Gasteiger partial charge >= 0.3 is 6.03 Å². The Bertz CT molecular complexity index is 2460. The van der Waals surface area contributed by atoms with Gasteiger partial charge in [-0.3, -0.25) is 9.59 Å². The number of likely N-dealkylation sites (tertiary alicyclic amines) is 2. The van der Waals surface area contributed by atoms with Crippen LogP contribution in [0.4, 0.5) is 28.3 Å². The Hall–Kier alpha value is -5.81. The van der Waals surface area contributed by atoms with Crippen molar-refractivity contribution < 1.29 is 45.0 Å². The van der Waals surface area contributed by atoms with Crippen LogP contribution >= 0.6 is 0 Å². The van der Waals surface area contributed by atoms with Crippen molar-refractivity contribution in [1.29, 1.82) is 0 Å². The van der Waals surface area contributed by atoms with Crippen molar-refractivity contribution in [3.05, 3.63) is 12.7 Å². The largest absolute Gasteiger partial charge is 0.388 e. The lowest BCUT2D eigenvalue weighted by molar-refractivity contribution is -0.126. The highest BCUT2D eigenvalue weighted by atomic mass is 16.3. The van der Waals surface area contributed by atoms with E-state index in [4.69, 9.17) is 29.9 Å². The number of aliphatic hydroxyl groups is 6. The molecule has 12 atom stereocenters. The number of aliphatic hydroxyl groups excluding tert-OH is 6. The third-order valence-electron chi connectivity index (χ3n) is 15.8. The minimum absolute atomic E-state index is 0.0916. The van der Waals surface area contributed by atoms with Gasteiger partial charge in [0.1, 0.15) is 37.6 Å². The number of hydrogen-bond donors (Lipinski definition) is 10. The zero-order valence-electron chi connectivity index (χ0n) is 41.1. The number of nitrogens with zero attached hydrogens (tertiary/aromatic N) is 14. The van der Waals surface area contributed by atoms with Crippen LogP contribution in [0.3, 0.4) is 0 Å². The van der Waals surface area contributed by atoms with Gasteiger partial charge in [-0.2, -0.15) is 19.9 Å². The van der Waals surface area contributed by atoms with E-state index in [1.807, 2.05) is 38.0 Å². The van der Waals surface area contributed by atoms with Gasteiger partial charge in [0.25, 0.3) is 0 Å². The van der Waals surface area contributed by atoms with Crippen LogP contribution in [0.25, 0.3) is 22.3 Å². The quantitative estimate of drug-likeness (QED) is 0.0582. The van der Waals surface area contributed by atoms with Crippen molar-refractivity contribution in [2.24, 2.45) is 0 Å². The standard InChI is InChI=1S/C45H68N18O9/c1-56(2)25-7-11-58(17-25)43-52-39(33-41(54-43)62(21-46-33)29-13-27(35(68)37(29)70)50-31(66)19-64)48-23-5-9-60(15-23)45(72)61-10-6-24(16-61)49-40-34-42(55-44(53-40)59-12-8-26(18-59)57(3)4)63(22-47-34)30-14-28(36(69)38(30)71)51-32(67)20-65/h21-30,35-38,64-65,68-71H,5-20H2,1-4H3,(H,50,66)(H,51,67)(H,48,52,54)(H,49,53,55)/t23-,24-,25-,26-,27+,28+,29-,30-,35-,36-,37+,38+/m1/s1. The molecule has 2 aliphatic carbocycles. The molecule has 4 aromatic rings. The van der Waals surface area contributed by atoms with Crippen LogP contribution in [0.2, 0.25) is 0 Å².